The summed E-state index contributed by atoms with van der Waals surface area (Å²) >= 11 is 0. The Morgan fingerprint density at radius 2 is 1.93 bits per heavy atom. The predicted octanol–water partition coefficient (Wildman–Crippen LogP) is 2.26. The first-order chi connectivity index (χ1) is 13.2. The first kappa shape index (κ1) is 16.2. The number of amides is 2. The van der Waals surface area contributed by atoms with Crippen LogP contribution >= 0.6 is 0 Å². The van der Waals surface area contributed by atoms with Gasteiger partial charge < -0.3 is 19.7 Å². The van der Waals surface area contributed by atoms with Crippen LogP contribution in [0.15, 0.2) is 42.5 Å². The van der Waals surface area contributed by atoms with E-state index in [0.717, 1.165) is 23.4 Å². The molecule has 6 heteroatoms. The van der Waals surface area contributed by atoms with Crippen LogP contribution in [0, 0.1) is 11.8 Å². The van der Waals surface area contributed by atoms with E-state index in [2.05, 4.69) is 11.4 Å². The highest BCUT2D eigenvalue weighted by Crippen LogP contribution is 2.42. The molecule has 2 heterocycles. The van der Waals surface area contributed by atoms with E-state index < -0.39 is 0 Å². The summed E-state index contributed by atoms with van der Waals surface area (Å²) in [6.45, 7) is 1.36. The van der Waals surface area contributed by atoms with Gasteiger partial charge in [0.15, 0.2) is 11.5 Å². The highest BCUT2D eigenvalue weighted by Gasteiger charge is 2.50. The van der Waals surface area contributed by atoms with Crippen molar-refractivity contribution in [1.29, 1.82) is 0 Å². The van der Waals surface area contributed by atoms with Gasteiger partial charge in [-0.25, -0.2) is 0 Å². The number of benzene rings is 2. The zero-order chi connectivity index (χ0) is 18.4. The summed E-state index contributed by atoms with van der Waals surface area (Å²) in [5.41, 5.74) is 3.15. The number of fused-ring (bicyclic) bond motifs is 2. The molecule has 3 aliphatic rings. The second-order valence-electron chi connectivity index (χ2n) is 7.22. The van der Waals surface area contributed by atoms with Crippen LogP contribution in [0.1, 0.15) is 17.5 Å². The van der Waals surface area contributed by atoms with Crippen molar-refractivity contribution in [1.82, 2.24) is 5.32 Å². The highest BCUT2D eigenvalue weighted by molar-refractivity contribution is 6.02. The third-order valence-corrected chi connectivity index (χ3v) is 5.50. The second kappa shape index (κ2) is 6.30. The van der Waals surface area contributed by atoms with Gasteiger partial charge in [-0.2, -0.15) is 0 Å². The van der Waals surface area contributed by atoms with Gasteiger partial charge in [-0.05, 0) is 42.2 Å². The molecule has 0 spiro atoms. The van der Waals surface area contributed by atoms with E-state index >= 15 is 0 Å². The summed E-state index contributed by atoms with van der Waals surface area (Å²) in [5, 5.41) is 2.94. The molecule has 1 aliphatic carbocycles. The van der Waals surface area contributed by atoms with Gasteiger partial charge in [0.25, 0.3) is 0 Å². The molecule has 0 aromatic heterocycles. The number of hydrogen-bond donors (Lipinski definition) is 1. The molecule has 1 N–H and O–H groups in total. The lowest BCUT2D eigenvalue weighted by atomic mass is 10.2. The third kappa shape index (κ3) is 2.91. The molecule has 2 atom stereocenters. The van der Waals surface area contributed by atoms with E-state index in [1.165, 1.54) is 5.56 Å². The average Bonchev–Trinajstić information content (AvgIpc) is 3.16. The standard InChI is InChI=1S/C21H20N2O4/c24-20(22-11-13-5-6-18-19(9-13)27-12-26-18)15-10-16(15)21(25)23-8-7-14-3-1-2-4-17(14)23/h1-6,9,15-16H,7-8,10-12H2,(H,22,24). The van der Waals surface area contributed by atoms with Gasteiger partial charge in [-0.1, -0.05) is 24.3 Å². The molecule has 2 unspecified atom stereocenters. The Kier molecular flexibility index (Phi) is 3.77. The summed E-state index contributed by atoms with van der Waals surface area (Å²) < 4.78 is 10.6. The average molecular weight is 364 g/mol. The van der Waals surface area contributed by atoms with Gasteiger partial charge in [0.05, 0.1) is 11.8 Å². The molecule has 1 fully saturated rings. The molecule has 2 aromatic carbocycles. The Morgan fingerprint density at radius 3 is 2.85 bits per heavy atom. The minimum atomic E-state index is -0.223. The topological polar surface area (TPSA) is 67.9 Å². The van der Waals surface area contributed by atoms with Crippen molar-refractivity contribution in [3.8, 4) is 11.5 Å². The van der Waals surface area contributed by atoms with Crippen molar-refractivity contribution < 1.29 is 19.1 Å². The molecule has 1 saturated carbocycles. The van der Waals surface area contributed by atoms with Gasteiger partial charge in [-0.15, -0.1) is 0 Å². The molecule has 2 aliphatic heterocycles. The predicted molar refractivity (Wildman–Crippen MR) is 98.5 cm³/mol. The second-order valence-corrected chi connectivity index (χ2v) is 7.22. The number of carbonyl (C=O) groups excluding carboxylic acids is 2. The Hall–Kier alpha value is -3.02. The van der Waals surface area contributed by atoms with E-state index in [0.29, 0.717) is 25.3 Å². The van der Waals surface area contributed by atoms with Crippen LogP contribution < -0.4 is 19.7 Å². The van der Waals surface area contributed by atoms with Crippen molar-refractivity contribution in [3.05, 3.63) is 53.6 Å². The molecule has 2 aromatic rings. The zero-order valence-corrected chi connectivity index (χ0v) is 14.8. The molecule has 138 valence electrons. The summed E-state index contributed by atoms with van der Waals surface area (Å²) in [6, 6.07) is 13.6. The van der Waals surface area contributed by atoms with Crippen LogP contribution in [0.3, 0.4) is 0 Å². The SMILES string of the molecule is O=C(NCc1ccc2c(c1)OCO2)C1CC1C(=O)N1CCc2ccccc21. The van der Waals surface area contributed by atoms with Crippen LogP contribution in [-0.4, -0.2) is 25.2 Å². The number of anilines is 1. The van der Waals surface area contributed by atoms with Crippen LogP contribution in [0.2, 0.25) is 0 Å². The number of nitrogens with one attached hydrogen (secondary N) is 1. The number of rotatable bonds is 4. The fourth-order valence-electron chi connectivity index (χ4n) is 3.90. The zero-order valence-electron chi connectivity index (χ0n) is 14.8. The van der Waals surface area contributed by atoms with Gasteiger partial charge in [-0.3, -0.25) is 9.59 Å². The summed E-state index contributed by atoms with van der Waals surface area (Å²) in [5.74, 6) is 1.02. The van der Waals surface area contributed by atoms with Crippen LogP contribution in [-0.2, 0) is 22.6 Å². The van der Waals surface area contributed by atoms with E-state index in [1.54, 1.807) is 0 Å². The first-order valence-electron chi connectivity index (χ1n) is 9.26. The van der Waals surface area contributed by atoms with Gasteiger partial charge >= 0.3 is 0 Å². The molecular weight excluding hydrogens is 344 g/mol. The molecule has 0 saturated heterocycles. The molecule has 5 rings (SSSR count). The maximum Gasteiger partial charge on any atom is 0.231 e. The Bertz CT molecular complexity index is 926. The van der Waals surface area contributed by atoms with Gasteiger partial charge in [0.2, 0.25) is 18.6 Å². The number of carbonyl (C=O) groups is 2. The molecule has 6 nitrogen and oxygen atoms in total. The normalized spacial score (nSPS) is 21.7. The lowest BCUT2D eigenvalue weighted by molar-refractivity contribution is -0.126. The highest BCUT2D eigenvalue weighted by atomic mass is 16.7. The fourth-order valence-corrected chi connectivity index (χ4v) is 3.90. The van der Waals surface area contributed by atoms with Crippen molar-refractivity contribution in [3.63, 3.8) is 0 Å². The molecule has 0 bridgehead atoms. The molecule has 0 radical (unpaired) electrons. The van der Waals surface area contributed by atoms with Gasteiger partial charge in [0, 0.05) is 18.8 Å². The minimum absolute atomic E-state index is 0.0569. The fraction of sp³-hybridized carbons (Fsp3) is 0.333. The molecule has 27 heavy (non-hydrogen) atoms. The van der Waals surface area contributed by atoms with Crippen molar-refractivity contribution in [2.75, 3.05) is 18.2 Å². The lowest BCUT2D eigenvalue weighted by Gasteiger charge is -2.17. The van der Waals surface area contributed by atoms with Crippen LogP contribution in [0.4, 0.5) is 5.69 Å². The van der Waals surface area contributed by atoms with E-state index in [1.807, 2.05) is 41.3 Å². The lowest BCUT2D eigenvalue weighted by Crippen LogP contribution is -2.33. The summed E-state index contributed by atoms with van der Waals surface area (Å²) in [7, 11) is 0. The first-order valence-corrected chi connectivity index (χ1v) is 9.26. The number of ether oxygens (including phenoxy) is 2. The monoisotopic (exact) mass is 364 g/mol. The molecule has 2 amide bonds. The van der Waals surface area contributed by atoms with E-state index in [9.17, 15) is 9.59 Å². The van der Waals surface area contributed by atoms with Gasteiger partial charge in [0.1, 0.15) is 0 Å². The smallest absolute Gasteiger partial charge is 0.231 e. The summed E-state index contributed by atoms with van der Waals surface area (Å²) in [6.07, 6.45) is 1.51. The quantitative estimate of drug-likeness (QED) is 0.904. The minimum Gasteiger partial charge on any atom is -0.454 e. The molecular formula is C21H20N2O4. The Balaban J connectivity index is 1.18. The maximum absolute atomic E-state index is 12.8. The van der Waals surface area contributed by atoms with E-state index in [4.69, 9.17) is 9.47 Å². The Labute approximate surface area is 157 Å². The van der Waals surface area contributed by atoms with Crippen molar-refractivity contribution >= 4 is 17.5 Å². The van der Waals surface area contributed by atoms with Crippen LogP contribution in [0.25, 0.3) is 0 Å². The van der Waals surface area contributed by atoms with Crippen molar-refractivity contribution in [2.45, 2.75) is 19.4 Å². The number of para-hydroxylation sites is 1. The van der Waals surface area contributed by atoms with Crippen LogP contribution in [0.5, 0.6) is 11.5 Å². The number of hydrogen-bond acceptors (Lipinski definition) is 4. The largest absolute Gasteiger partial charge is 0.454 e. The maximum atomic E-state index is 12.8. The summed E-state index contributed by atoms with van der Waals surface area (Å²) in [4.78, 5) is 27.1. The van der Waals surface area contributed by atoms with Crippen molar-refractivity contribution in [2.24, 2.45) is 11.8 Å². The number of nitrogens with zero attached hydrogens (tertiary/aromatic N) is 1. The Morgan fingerprint density at radius 1 is 1.07 bits per heavy atom. The van der Waals surface area contributed by atoms with E-state index in [-0.39, 0.29) is 30.4 Å². The third-order valence-electron chi connectivity index (χ3n) is 5.50.